The van der Waals surface area contributed by atoms with E-state index in [1.807, 2.05) is 0 Å². The molecule has 1 aliphatic carbocycles. The molecule has 0 radical (unpaired) electrons. The SMILES string of the molecule is CC1(C)c2ccccc2-c2ccc(N(c3ccccc3)c3cccc4c3c3ccccc3n4-c3ccccc3-c3ccccc3-c3ccccc3)cc21. The van der Waals surface area contributed by atoms with Crippen LogP contribution in [0.1, 0.15) is 25.0 Å². The number of para-hydroxylation sites is 3. The van der Waals surface area contributed by atoms with Gasteiger partial charge in [0.25, 0.3) is 0 Å². The fourth-order valence-corrected chi connectivity index (χ4v) is 8.77. The Morgan fingerprint density at radius 1 is 0.415 bits per heavy atom. The number of hydrogen-bond acceptors (Lipinski definition) is 1. The molecule has 0 atom stereocenters. The van der Waals surface area contributed by atoms with Crippen molar-refractivity contribution in [2.45, 2.75) is 19.3 Å². The van der Waals surface area contributed by atoms with Crippen LogP contribution in [0.15, 0.2) is 194 Å². The van der Waals surface area contributed by atoms with Gasteiger partial charge in [-0.25, -0.2) is 0 Å². The van der Waals surface area contributed by atoms with Crippen LogP contribution >= 0.6 is 0 Å². The molecule has 0 N–H and O–H groups in total. The summed E-state index contributed by atoms with van der Waals surface area (Å²) in [4.78, 5) is 2.45. The lowest BCUT2D eigenvalue weighted by molar-refractivity contribution is 0.660. The molecule has 252 valence electrons. The molecular formula is C51H38N2. The molecule has 0 saturated heterocycles. The number of benzene rings is 8. The van der Waals surface area contributed by atoms with Crippen molar-refractivity contribution in [3.8, 4) is 39.1 Å². The standard InChI is InChI=1S/C51H38N2/c1-51(2)44-27-14-11-24-40(44)41-33-32-37(34-45(41)51)52(36-20-7-4-8-21-36)48-30-17-31-49-50(48)43-26-13-16-29-47(43)53(49)46-28-15-12-25-42(46)39-23-10-9-22-38(39)35-18-5-3-6-19-35/h3-34H,1-2H3. The number of anilines is 3. The molecule has 0 fully saturated rings. The Morgan fingerprint density at radius 2 is 1.02 bits per heavy atom. The Bertz CT molecular complexity index is 2810. The third kappa shape index (κ3) is 4.87. The first kappa shape index (κ1) is 31.1. The zero-order valence-corrected chi connectivity index (χ0v) is 29.9. The van der Waals surface area contributed by atoms with Crippen LogP contribution in [0.5, 0.6) is 0 Å². The van der Waals surface area contributed by atoms with Gasteiger partial charge in [-0.1, -0.05) is 159 Å². The molecule has 0 bridgehead atoms. The summed E-state index contributed by atoms with van der Waals surface area (Å²) in [5.74, 6) is 0. The Balaban J connectivity index is 1.22. The highest BCUT2D eigenvalue weighted by molar-refractivity contribution is 6.17. The minimum atomic E-state index is -0.105. The summed E-state index contributed by atoms with van der Waals surface area (Å²) in [6.45, 7) is 4.71. The van der Waals surface area contributed by atoms with E-state index >= 15 is 0 Å². The van der Waals surface area contributed by atoms with E-state index in [4.69, 9.17) is 0 Å². The van der Waals surface area contributed by atoms with Crippen molar-refractivity contribution in [1.82, 2.24) is 4.57 Å². The minimum absolute atomic E-state index is 0.105. The van der Waals surface area contributed by atoms with Gasteiger partial charge in [-0.2, -0.15) is 0 Å². The summed E-state index contributed by atoms with van der Waals surface area (Å²) in [6.07, 6.45) is 0. The Kier molecular flexibility index (Phi) is 7.19. The van der Waals surface area contributed by atoms with Gasteiger partial charge in [-0.15, -0.1) is 0 Å². The van der Waals surface area contributed by atoms with Crippen molar-refractivity contribution in [3.05, 3.63) is 205 Å². The molecule has 2 nitrogen and oxygen atoms in total. The predicted molar refractivity (Wildman–Crippen MR) is 224 cm³/mol. The summed E-state index contributed by atoms with van der Waals surface area (Å²) < 4.78 is 2.47. The van der Waals surface area contributed by atoms with E-state index in [0.717, 1.165) is 22.7 Å². The Morgan fingerprint density at radius 3 is 1.83 bits per heavy atom. The van der Waals surface area contributed by atoms with Crippen molar-refractivity contribution < 1.29 is 0 Å². The quantitative estimate of drug-likeness (QED) is 0.170. The molecule has 10 rings (SSSR count). The highest BCUT2D eigenvalue weighted by Gasteiger charge is 2.36. The normalized spacial score (nSPS) is 12.9. The molecule has 0 unspecified atom stereocenters. The lowest BCUT2D eigenvalue weighted by atomic mass is 9.82. The van der Waals surface area contributed by atoms with Crippen LogP contribution in [0.4, 0.5) is 17.1 Å². The first-order valence-corrected chi connectivity index (χ1v) is 18.5. The van der Waals surface area contributed by atoms with Crippen LogP contribution in [0, 0.1) is 0 Å². The van der Waals surface area contributed by atoms with Gasteiger partial charge >= 0.3 is 0 Å². The Hall–Kier alpha value is -6.64. The van der Waals surface area contributed by atoms with E-state index in [-0.39, 0.29) is 5.41 Å². The highest BCUT2D eigenvalue weighted by Crippen LogP contribution is 2.51. The topological polar surface area (TPSA) is 8.17 Å². The van der Waals surface area contributed by atoms with Gasteiger partial charge in [0.05, 0.1) is 22.4 Å². The average molecular weight is 679 g/mol. The fraction of sp³-hybridized carbons (Fsp3) is 0.0588. The van der Waals surface area contributed by atoms with Crippen LogP contribution in [0.3, 0.4) is 0 Å². The molecule has 1 heterocycles. The fourth-order valence-electron chi connectivity index (χ4n) is 8.77. The van der Waals surface area contributed by atoms with Crippen LogP contribution in [0.2, 0.25) is 0 Å². The summed E-state index contributed by atoms with van der Waals surface area (Å²) in [7, 11) is 0. The third-order valence-corrected chi connectivity index (χ3v) is 11.2. The summed E-state index contributed by atoms with van der Waals surface area (Å²) in [5.41, 5.74) is 17.1. The number of hydrogen-bond donors (Lipinski definition) is 0. The van der Waals surface area contributed by atoms with Gasteiger partial charge in [-0.3, -0.25) is 0 Å². The highest BCUT2D eigenvalue weighted by atomic mass is 15.1. The lowest BCUT2D eigenvalue weighted by Crippen LogP contribution is -2.16. The second-order valence-electron chi connectivity index (χ2n) is 14.5. The molecule has 8 aromatic carbocycles. The van der Waals surface area contributed by atoms with Gasteiger partial charge in [0.2, 0.25) is 0 Å². The maximum atomic E-state index is 2.47. The van der Waals surface area contributed by atoms with Gasteiger partial charge in [0.1, 0.15) is 0 Å². The van der Waals surface area contributed by atoms with Gasteiger partial charge in [0.15, 0.2) is 0 Å². The van der Waals surface area contributed by atoms with Gasteiger partial charge in [0, 0.05) is 33.1 Å². The molecule has 53 heavy (non-hydrogen) atoms. The number of nitrogens with zero attached hydrogens (tertiary/aromatic N) is 2. The van der Waals surface area contributed by atoms with E-state index in [1.54, 1.807) is 0 Å². The second-order valence-corrected chi connectivity index (χ2v) is 14.5. The largest absolute Gasteiger partial charge is 0.310 e. The lowest BCUT2D eigenvalue weighted by Gasteiger charge is -2.29. The van der Waals surface area contributed by atoms with Gasteiger partial charge < -0.3 is 9.47 Å². The van der Waals surface area contributed by atoms with Crippen LogP contribution in [-0.2, 0) is 5.41 Å². The van der Waals surface area contributed by atoms with Crippen molar-refractivity contribution in [2.24, 2.45) is 0 Å². The van der Waals surface area contributed by atoms with E-state index in [9.17, 15) is 0 Å². The van der Waals surface area contributed by atoms with E-state index < -0.39 is 0 Å². The maximum Gasteiger partial charge on any atom is 0.0562 e. The minimum Gasteiger partial charge on any atom is -0.310 e. The third-order valence-electron chi connectivity index (χ3n) is 11.2. The molecule has 0 aliphatic heterocycles. The molecule has 1 aliphatic rings. The van der Waals surface area contributed by atoms with E-state index in [1.165, 1.54) is 66.3 Å². The number of fused-ring (bicyclic) bond motifs is 6. The number of rotatable bonds is 6. The summed E-state index contributed by atoms with van der Waals surface area (Å²) >= 11 is 0. The number of aromatic nitrogens is 1. The molecule has 9 aromatic rings. The van der Waals surface area contributed by atoms with Crippen molar-refractivity contribution in [1.29, 1.82) is 0 Å². The molecule has 0 saturated carbocycles. The van der Waals surface area contributed by atoms with E-state index in [0.29, 0.717) is 0 Å². The zero-order valence-electron chi connectivity index (χ0n) is 29.9. The Labute approximate surface area is 310 Å². The van der Waals surface area contributed by atoms with Gasteiger partial charge in [-0.05, 0) is 87.5 Å². The summed E-state index contributed by atoms with van der Waals surface area (Å²) in [5, 5.41) is 2.44. The second kappa shape index (κ2) is 12.3. The predicted octanol–water partition coefficient (Wildman–Crippen LogP) is 13.9. The molecular weight excluding hydrogens is 641 g/mol. The van der Waals surface area contributed by atoms with Crippen molar-refractivity contribution >= 4 is 38.9 Å². The average Bonchev–Trinajstić information content (AvgIpc) is 3.67. The molecule has 2 heteroatoms. The van der Waals surface area contributed by atoms with Crippen LogP contribution in [0.25, 0.3) is 60.9 Å². The maximum absolute atomic E-state index is 2.47. The summed E-state index contributed by atoms with van der Waals surface area (Å²) in [6, 6.07) is 70.8. The molecule has 0 amide bonds. The van der Waals surface area contributed by atoms with Crippen molar-refractivity contribution in [3.63, 3.8) is 0 Å². The first-order chi connectivity index (χ1) is 26.1. The first-order valence-electron chi connectivity index (χ1n) is 18.5. The monoisotopic (exact) mass is 678 g/mol. The van der Waals surface area contributed by atoms with Crippen molar-refractivity contribution in [2.75, 3.05) is 4.90 Å². The smallest absolute Gasteiger partial charge is 0.0562 e. The van der Waals surface area contributed by atoms with E-state index in [2.05, 4.69) is 217 Å². The van der Waals surface area contributed by atoms with Crippen LogP contribution in [-0.4, -0.2) is 4.57 Å². The van der Waals surface area contributed by atoms with Crippen LogP contribution < -0.4 is 4.90 Å². The molecule has 0 spiro atoms. The molecule has 1 aromatic heterocycles. The zero-order chi connectivity index (χ0) is 35.5.